The van der Waals surface area contributed by atoms with E-state index in [0.29, 0.717) is 0 Å². The Hall–Kier alpha value is -1.66. The average molecular weight is 185 g/mol. The highest BCUT2D eigenvalue weighted by molar-refractivity contribution is 5.93. The number of carbonyl (C=O) groups excluding carboxylic acids is 1. The Bertz CT molecular complexity index is 341. The highest BCUT2D eigenvalue weighted by Gasteiger charge is 2.06. The van der Waals surface area contributed by atoms with Crippen LogP contribution < -0.4 is 11.0 Å². The third-order valence-electron chi connectivity index (χ3n) is 1.44. The van der Waals surface area contributed by atoms with Gasteiger partial charge in [0.05, 0.1) is 5.69 Å². The van der Waals surface area contributed by atoms with Crippen LogP contribution in [0.4, 0.5) is 10.1 Å². The van der Waals surface area contributed by atoms with E-state index in [0.717, 1.165) is 18.2 Å². The lowest BCUT2D eigenvalue weighted by atomic mass is 10.2. The van der Waals surface area contributed by atoms with Crippen LogP contribution in [0.15, 0.2) is 18.2 Å². The molecule has 0 saturated heterocycles. The molecule has 0 spiro atoms. The summed E-state index contributed by atoms with van der Waals surface area (Å²) in [6.45, 7) is 0. The number of primary amides is 1. The zero-order chi connectivity index (χ0) is 10.0. The highest BCUT2D eigenvalue weighted by Crippen LogP contribution is 2.17. The van der Waals surface area contributed by atoms with Crippen LogP contribution in [0, 0.1) is 11.0 Å². The van der Waals surface area contributed by atoms with Gasteiger partial charge in [-0.1, -0.05) is 0 Å². The summed E-state index contributed by atoms with van der Waals surface area (Å²) >= 11 is 0. The van der Waals surface area contributed by atoms with Crippen molar-refractivity contribution in [2.75, 3.05) is 5.23 Å². The molecule has 0 aliphatic carbocycles. The number of carbonyl (C=O) groups is 1. The van der Waals surface area contributed by atoms with Crippen molar-refractivity contribution in [3.05, 3.63) is 34.8 Å². The summed E-state index contributed by atoms with van der Waals surface area (Å²) in [4.78, 5) is 10.5. The number of benzene rings is 1. The van der Waals surface area contributed by atoms with Crippen LogP contribution in [-0.2, 0) is 0 Å². The van der Waals surface area contributed by atoms with Crippen LogP contribution >= 0.6 is 0 Å². The molecule has 0 heterocycles. The molecule has 70 valence electrons. The van der Waals surface area contributed by atoms with Gasteiger partial charge in [0.25, 0.3) is 0 Å². The first-order chi connectivity index (χ1) is 6.02. The monoisotopic (exact) mass is 185 g/mol. The van der Waals surface area contributed by atoms with Gasteiger partial charge in [0, 0.05) is 5.56 Å². The van der Waals surface area contributed by atoms with Gasteiger partial charge in [0.15, 0.2) is 0 Å². The van der Waals surface area contributed by atoms with Crippen molar-refractivity contribution in [3.8, 4) is 0 Å². The number of rotatable bonds is 2. The van der Waals surface area contributed by atoms with Crippen LogP contribution in [0.5, 0.6) is 0 Å². The Labute approximate surface area is 72.7 Å². The Kier molecular flexibility index (Phi) is 2.45. The minimum atomic E-state index is -1.01. The number of hydrogen-bond acceptors (Lipinski definition) is 4. The summed E-state index contributed by atoms with van der Waals surface area (Å²) in [5, 5.41) is 18.0. The van der Waals surface area contributed by atoms with E-state index in [4.69, 9.17) is 10.9 Å². The number of amides is 1. The number of nitrogens with zero attached hydrogens (tertiary/aromatic N) is 1. The normalized spacial score (nSPS) is 9.77. The molecular formula is C7H6FN2O3-. The number of hydrogen-bond donors (Lipinski definition) is 2. The molecular weight excluding hydrogens is 179 g/mol. The molecule has 0 saturated carbocycles. The SMILES string of the molecule is NC(=O)c1ccc(N([O-])O)c(F)c1. The molecule has 0 atom stereocenters. The molecule has 0 bridgehead atoms. The predicted molar refractivity (Wildman–Crippen MR) is 42.6 cm³/mol. The largest absolute Gasteiger partial charge is 0.733 e. The van der Waals surface area contributed by atoms with Crippen LogP contribution in [0.3, 0.4) is 0 Å². The van der Waals surface area contributed by atoms with Crippen molar-refractivity contribution < 1.29 is 14.4 Å². The van der Waals surface area contributed by atoms with Gasteiger partial charge in [-0.05, 0) is 18.2 Å². The van der Waals surface area contributed by atoms with E-state index in [1.165, 1.54) is 0 Å². The maximum atomic E-state index is 12.9. The predicted octanol–water partition coefficient (Wildman–Crippen LogP) is 0.618. The summed E-state index contributed by atoms with van der Waals surface area (Å²) in [5.41, 5.74) is 4.22. The third kappa shape index (κ3) is 1.92. The minimum absolute atomic E-state index is 0.0666. The van der Waals surface area contributed by atoms with E-state index in [9.17, 15) is 14.4 Å². The number of halogens is 1. The molecule has 0 unspecified atom stereocenters. The maximum absolute atomic E-state index is 12.9. The fourth-order valence-corrected chi connectivity index (χ4v) is 0.815. The van der Waals surface area contributed by atoms with E-state index in [-0.39, 0.29) is 5.56 Å². The Balaban J connectivity index is 3.13. The highest BCUT2D eigenvalue weighted by atomic mass is 19.1. The van der Waals surface area contributed by atoms with Crippen LogP contribution in [0.1, 0.15) is 10.4 Å². The van der Waals surface area contributed by atoms with Gasteiger partial charge >= 0.3 is 0 Å². The van der Waals surface area contributed by atoms with Crippen LogP contribution in [-0.4, -0.2) is 11.1 Å². The molecule has 3 N–H and O–H groups in total. The molecule has 0 radical (unpaired) electrons. The fraction of sp³-hybridized carbons (Fsp3) is 0. The first kappa shape index (κ1) is 9.43. The summed E-state index contributed by atoms with van der Waals surface area (Å²) in [5.74, 6) is -1.81. The zero-order valence-corrected chi connectivity index (χ0v) is 6.40. The van der Waals surface area contributed by atoms with Crippen LogP contribution in [0.2, 0.25) is 0 Å². The fourth-order valence-electron chi connectivity index (χ4n) is 0.815. The third-order valence-corrected chi connectivity index (χ3v) is 1.44. The van der Waals surface area contributed by atoms with E-state index < -0.39 is 22.6 Å². The molecule has 0 aliphatic heterocycles. The van der Waals surface area contributed by atoms with E-state index in [2.05, 4.69) is 0 Å². The van der Waals surface area contributed by atoms with Crippen molar-refractivity contribution >= 4 is 11.6 Å². The van der Waals surface area contributed by atoms with Crippen molar-refractivity contribution in [2.24, 2.45) is 5.73 Å². The topological polar surface area (TPSA) is 89.6 Å². The van der Waals surface area contributed by atoms with Gasteiger partial charge in [0.1, 0.15) is 5.82 Å². The number of nitrogens with two attached hydrogens (primary N) is 1. The smallest absolute Gasteiger partial charge is 0.248 e. The molecule has 0 aromatic heterocycles. The summed E-state index contributed by atoms with van der Waals surface area (Å²) in [6.07, 6.45) is 0. The van der Waals surface area contributed by atoms with Gasteiger partial charge in [-0.3, -0.25) is 10.0 Å². The Morgan fingerprint density at radius 2 is 2.23 bits per heavy atom. The lowest BCUT2D eigenvalue weighted by molar-refractivity contribution is 0.1000. The second-order valence-corrected chi connectivity index (χ2v) is 2.30. The minimum Gasteiger partial charge on any atom is -0.733 e. The van der Waals surface area contributed by atoms with E-state index >= 15 is 0 Å². The molecule has 1 aromatic rings. The molecule has 1 aromatic carbocycles. The number of anilines is 1. The lowest BCUT2D eigenvalue weighted by Gasteiger charge is -2.21. The average Bonchev–Trinajstić information content (AvgIpc) is 2.03. The Morgan fingerprint density at radius 1 is 1.62 bits per heavy atom. The molecule has 0 fully saturated rings. The lowest BCUT2D eigenvalue weighted by Crippen LogP contribution is -2.13. The quantitative estimate of drug-likeness (QED) is 0.661. The maximum Gasteiger partial charge on any atom is 0.248 e. The Morgan fingerprint density at radius 3 is 2.62 bits per heavy atom. The first-order valence-electron chi connectivity index (χ1n) is 3.28. The molecule has 0 aliphatic rings. The molecule has 6 heteroatoms. The summed E-state index contributed by atoms with van der Waals surface area (Å²) in [7, 11) is 0. The van der Waals surface area contributed by atoms with Gasteiger partial charge in [-0.25, -0.2) is 4.39 Å². The van der Waals surface area contributed by atoms with Crippen molar-refractivity contribution in [1.82, 2.24) is 0 Å². The zero-order valence-electron chi connectivity index (χ0n) is 6.40. The van der Waals surface area contributed by atoms with Gasteiger partial charge < -0.3 is 16.2 Å². The standard InChI is InChI=1S/C7H6FN2O3/c8-5-3-4(7(9)11)1-2-6(5)10(12)13/h1-3,12H,(H2,9,11)/q-1. The van der Waals surface area contributed by atoms with E-state index in [1.54, 1.807) is 0 Å². The molecule has 1 rings (SSSR count). The van der Waals surface area contributed by atoms with Crippen molar-refractivity contribution in [3.63, 3.8) is 0 Å². The van der Waals surface area contributed by atoms with Crippen LogP contribution in [0.25, 0.3) is 0 Å². The second-order valence-electron chi connectivity index (χ2n) is 2.30. The van der Waals surface area contributed by atoms with Crippen molar-refractivity contribution in [1.29, 1.82) is 0 Å². The molecule has 5 nitrogen and oxygen atoms in total. The van der Waals surface area contributed by atoms with Crippen molar-refractivity contribution in [2.45, 2.75) is 0 Å². The van der Waals surface area contributed by atoms with Gasteiger partial charge in [0.2, 0.25) is 5.91 Å². The first-order valence-corrected chi connectivity index (χ1v) is 3.28. The summed E-state index contributed by atoms with van der Waals surface area (Å²) < 4.78 is 12.9. The van der Waals surface area contributed by atoms with E-state index in [1.807, 2.05) is 0 Å². The second kappa shape index (κ2) is 3.38. The van der Waals surface area contributed by atoms with Gasteiger partial charge in [-0.15, -0.1) is 0 Å². The van der Waals surface area contributed by atoms with Gasteiger partial charge in [-0.2, -0.15) is 0 Å². The molecule has 13 heavy (non-hydrogen) atoms. The molecule has 1 amide bonds. The summed E-state index contributed by atoms with van der Waals surface area (Å²) in [6, 6.07) is 2.88.